The quantitative estimate of drug-likeness (QED) is 0.885. The number of primary amides is 1. The predicted molar refractivity (Wildman–Crippen MR) is 99.2 cm³/mol. The zero-order valence-electron chi connectivity index (χ0n) is 13.6. The first kappa shape index (κ1) is 17.1. The molecule has 6 nitrogen and oxygen atoms in total. The molecule has 3 amide bonds. The molecule has 0 aromatic heterocycles. The summed E-state index contributed by atoms with van der Waals surface area (Å²) in [6.07, 6.45) is 0. The van der Waals surface area contributed by atoms with Crippen molar-refractivity contribution >= 4 is 34.9 Å². The molecule has 0 saturated carbocycles. The van der Waals surface area contributed by atoms with E-state index in [0.29, 0.717) is 29.4 Å². The van der Waals surface area contributed by atoms with E-state index in [1.807, 2.05) is 29.2 Å². The van der Waals surface area contributed by atoms with Crippen LogP contribution < -0.4 is 16.0 Å². The maximum absolute atomic E-state index is 12.6. The van der Waals surface area contributed by atoms with Crippen LogP contribution in [0.4, 0.5) is 16.2 Å². The zero-order valence-corrected chi connectivity index (χ0v) is 14.4. The summed E-state index contributed by atoms with van der Waals surface area (Å²) in [4.78, 5) is 27.5. The third kappa shape index (κ3) is 4.22. The van der Waals surface area contributed by atoms with E-state index in [-0.39, 0.29) is 5.91 Å². The lowest BCUT2D eigenvalue weighted by molar-refractivity contribution is 0.0747. The molecule has 3 rings (SSSR count). The highest BCUT2D eigenvalue weighted by Gasteiger charge is 2.22. The summed E-state index contributed by atoms with van der Waals surface area (Å²) >= 11 is 6.04. The van der Waals surface area contributed by atoms with E-state index < -0.39 is 6.03 Å². The second kappa shape index (κ2) is 7.44. The minimum Gasteiger partial charge on any atom is -0.368 e. The fourth-order valence-electron chi connectivity index (χ4n) is 2.86. The van der Waals surface area contributed by atoms with Crippen LogP contribution in [0.2, 0.25) is 5.02 Å². The lowest BCUT2D eigenvalue weighted by Gasteiger charge is -2.36. The molecule has 3 N–H and O–H groups in total. The van der Waals surface area contributed by atoms with E-state index >= 15 is 0 Å². The predicted octanol–water partition coefficient (Wildman–Crippen LogP) is 2.79. The third-order valence-electron chi connectivity index (χ3n) is 4.14. The molecule has 0 radical (unpaired) electrons. The topological polar surface area (TPSA) is 78.7 Å². The summed E-state index contributed by atoms with van der Waals surface area (Å²) in [7, 11) is 0. The van der Waals surface area contributed by atoms with Crippen molar-refractivity contribution in [2.24, 2.45) is 5.73 Å². The second-order valence-electron chi connectivity index (χ2n) is 5.83. The highest BCUT2D eigenvalue weighted by Crippen LogP contribution is 2.21. The average molecular weight is 359 g/mol. The molecule has 25 heavy (non-hydrogen) atoms. The van der Waals surface area contributed by atoms with Gasteiger partial charge in [-0.2, -0.15) is 0 Å². The molecule has 0 spiro atoms. The van der Waals surface area contributed by atoms with E-state index in [2.05, 4.69) is 10.2 Å². The molecule has 2 aromatic carbocycles. The summed E-state index contributed by atoms with van der Waals surface area (Å²) in [5.41, 5.74) is 7.30. The van der Waals surface area contributed by atoms with Crippen molar-refractivity contribution in [3.63, 3.8) is 0 Å². The number of carbonyl (C=O) groups is 2. The molecule has 1 saturated heterocycles. The molecule has 0 unspecified atom stereocenters. The smallest absolute Gasteiger partial charge is 0.316 e. The van der Waals surface area contributed by atoms with Gasteiger partial charge in [-0.15, -0.1) is 0 Å². The normalized spacial score (nSPS) is 14.3. The summed E-state index contributed by atoms with van der Waals surface area (Å²) in [5.74, 6) is -0.0173. The molecular formula is C18H19ClN4O2. The SMILES string of the molecule is NC(=O)Nc1ccc(C(=O)N2CCN(c3cccc(Cl)c3)CC2)cc1. The van der Waals surface area contributed by atoms with Crippen molar-refractivity contribution in [2.75, 3.05) is 36.4 Å². The molecule has 1 fully saturated rings. The van der Waals surface area contributed by atoms with Gasteiger partial charge >= 0.3 is 6.03 Å². The van der Waals surface area contributed by atoms with E-state index in [1.54, 1.807) is 24.3 Å². The Kier molecular flexibility index (Phi) is 5.09. The molecule has 7 heteroatoms. The van der Waals surface area contributed by atoms with Crippen LogP contribution in [0.3, 0.4) is 0 Å². The molecule has 2 aromatic rings. The van der Waals surface area contributed by atoms with Crippen LogP contribution >= 0.6 is 11.6 Å². The van der Waals surface area contributed by atoms with Crippen molar-refractivity contribution in [2.45, 2.75) is 0 Å². The summed E-state index contributed by atoms with van der Waals surface area (Å²) in [6.45, 7) is 2.81. The van der Waals surface area contributed by atoms with Gasteiger partial charge < -0.3 is 20.9 Å². The number of carbonyl (C=O) groups excluding carboxylic acids is 2. The van der Waals surface area contributed by atoms with Gasteiger partial charge in [-0.1, -0.05) is 17.7 Å². The molecule has 1 aliphatic rings. The first-order valence-corrected chi connectivity index (χ1v) is 8.37. The van der Waals surface area contributed by atoms with Crippen molar-refractivity contribution in [1.29, 1.82) is 0 Å². The Morgan fingerprint density at radius 1 is 1.00 bits per heavy atom. The van der Waals surface area contributed by atoms with Crippen molar-refractivity contribution < 1.29 is 9.59 Å². The first-order valence-electron chi connectivity index (χ1n) is 7.99. The minimum atomic E-state index is -0.629. The molecule has 1 aliphatic heterocycles. The van der Waals surface area contributed by atoms with Crippen molar-refractivity contribution in [3.05, 3.63) is 59.1 Å². The largest absolute Gasteiger partial charge is 0.368 e. The average Bonchev–Trinajstić information content (AvgIpc) is 2.61. The first-order chi connectivity index (χ1) is 12.0. The fraction of sp³-hybridized carbons (Fsp3) is 0.222. The monoisotopic (exact) mass is 358 g/mol. The summed E-state index contributed by atoms with van der Waals surface area (Å²) < 4.78 is 0. The van der Waals surface area contributed by atoms with Gasteiger partial charge in [-0.3, -0.25) is 4.79 Å². The number of benzene rings is 2. The van der Waals surface area contributed by atoms with E-state index in [9.17, 15) is 9.59 Å². The third-order valence-corrected chi connectivity index (χ3v) is 4.37. The molecule has 0 bridgehead atoms. The Bertz CT molecular complexity index is 771. The second-order valence-corrected chi connectivity index (χ2v) is 6.26. The van der Waals surface area contributed by atoms with Crippen molar-refractivity contribution in [3.8, 4) is 0 Å². The van der Waals surface area contributed by atoms with E-state index in [0.717, 1.165) is 18.8 Å². The number of rotatable bonds is 3. The van der Waals surface area contributed by atoms with Gasteiger partial charge in [0, 0.05) is 48.1 Å². The fourth-order valence-corrected chi connectivity index (χ4v) is 3.05. The number of nitrogens with zero attached hydrogens (tertiary/aromatic N) is 2. The molecule has 0 aliphatic carbocycles. The van der Waals surface area contributed by atoms with Crippen LogP contribution in [0.15, 0.2) is 48.5 Å². The van der Waals surface area contributed by atoms with E-state index in [1.165, 1.54) is 0 Å². The number of amides is 3. The standard InChI is InChI=1S/C18H19ClN4O2/c19-14-2-1-3-16(12-14)22-8-10-23(11-9-22)17(24)13-4-6-15(7-5-13)21-18(20)25/h1-7,12H,8-11H2,(H3,20,21,25). The molecule has 130 valence electrons. The van der Waals surface area contributed by atoms with Gasteiger partial charge in [0.1, 0.15) is 0 Å². The number of halogens is 1. The van der Waals surface area contributed by atoms with Crippen LogP contribution in [0, 0.1) is 0 Å². The van der Waals surface area contributed by atoms with Gasteiger partial charge in [0.2, 0.25) is 0 Å². The van der Waals surface area contributed by atoms with Gasteiger partial charge in [0.25, 0.3) is 5.91 Å². The number of piperazine rings is 1. The highest BCUT2D eigenvalue weighted by atomic mass is 35.5. The zero-order chi connectivity index (χ0) is 17.8. The summed E-state index contributed by atoms with van der Waals surface area (Å²) in [5, 5.41) is 3.18. The molecule has 0 atom stereocenters. The van der Waals surface area contributed by atoms with Crippen LogP contribution in [0.5, 0.6) is 0 Å². The number of anilines is 2. The summed E-state index contributed by atoms with van der Waals surface area (Å²) in [6, 6.07) is 13.8. The number of hydrogen-bond acceptors (Lipinski definition) is 3. The maximum Gasteiger partial charge on any atom is 0.316 e. The van der Waals surface area contributed by atoms with Crippen LogP contribution in [-0.2, 0) is 0 Å². The molecule has 1 heterocycles. The van der Waals surface area contributed by atoms with Gasteiger partial charge in [0.15, 0.2) is 0 Å². The van der Waals surface area contributed by atoms with Crippen LogP contribution in [-0.4, -0.2) is 43.0 Å². The number of nitrogens with one attached hydrogen (secondary N) is 1. The van der Waals surface area contributed by atoms with Gasteiger partial charge in [-0.05, 0) is 42.5 Å². The Morgan fingerprint density at radius 2 is 1.68 bits per heavy atom. The minimum absolute atomic E-state index is 0.0173. The van der Waals surface area contributed by atoms with E-state index in [4.69, 9.17) is 17.3 Å². The Hall–Kier alpha value is -2.73. The number of nitrogens with two attached hydrogens (primary N) is 1. The van der Waals surface area contributed by atoms with Crippen LogP contribution in [0.1, 0.15) is 10.4 Å². The number of urea groups is 1. The highest BCUT2D eigenvalue weighted by molar-refractivity contribution is 6.30. The lowest BCUT2D eigenvalue weighted by Crippen LogP contribution is -2.48. The van der Waals surface area contributed by atoms with Gasteiger partial charge in [-0.25, -0.2) is 4.79 Å². The molecular weight excluding hydrogens is 340 g/mol. The Labute approximate surface area is 151 Å². The Morgan fingerprint density at radius 3 is 2.28 bits per heavy atom. The van der Waals surface area contributed by atoms with Crippen LogP contribution in [0.25, 0.3) is 0 Å². The van der Waals surface area contributed by atoms with Gasteiger partial charge in [0.05, 0.1) is 0 Å². The van der Waals surface area contributed by atoms with Crippen molar-refractivity contribution in [1.82, 2.24) is 4.90 Å². The maximum atomic E-state index is 12.6. The number of hydrogen-bond donors (Lipinski definition) is 2. The lowest BCUT2D eigenvalue weighted by atomic mass is 10.1. The Balaban J connectivity index is 1.60.